The van der Waals surface area contributed by atoms with E-state index in [-0.39, 0.29) is 11.3 Å². The summed E-state index contributed by atoms with van der Waals surface area (Å²) in [5.41, 5.74) is 4.52. The van der Waals surface area contributed by atoms with Crippen molar-refractivity contribution in [2.24, 2.45) is 10.4 Å². The van der Waals surface area contributed by atoms with E-state index in [1.165, 1.54) is 0 Å². The van der Waals surface area contributed by atoms with Crippen LogP contribution in [0.2, 0.25) is 0 Å². The lowest BCUT2D eigenvalue weighted by Gasteiger charge is -2.18. The van der Waals surface area contributed by atoms with Gasteiger partial charge in [-0.25, -0.2) is 0 Å². The first-order valence-corrected chi connectivity index (χ1v) is 10.0. The Labute approximate surface area is 180 Å². The molecule has 0 spiro atoms. The number of amides is 1. The second-order valence-corrected chi connectivity index (χ2v) is 8.25. The summed E-state index contributed by atoms with van der Waals surface area (Å²) in [5.74, 6) is -0.0611. The molecule has 0 saturated heterocycles. The highest BCUT2D eigenvalue weighted by Gasteiger charge is 2.13. The molecule has 2 aromatic rings. The first-order valence-electron chi connectivity index (χ1n) is 10.0. The summed E-state index contributed by atoms with van der Waals surface area (Å²) in [5, 5.41) is 6.34. The third-order valence-corrected chi connectivity index (χ3v) is 4.12. The smallest absolute Gasteiger partial charge is 0.251 e. The monoisotopic (exact) mass is 401 g/mol. The van der Waals surface area contributed by atoms with Gasteiger partial charge in [-0.15, -0.1) is 0 Å². The van der Waals surface area contributed by atoms with Crippen molar-refractivity contribution in [1.29, 1.82) is 0 Å². The van der Waals surface area contributed by atoms with Crippen LogP contribution in [-0.2, 0) is 0 Å². The van der Waals surface area contributed by atoms with Crippen LogP contribution >= 0.6 is 0 Å². The number of nitrogens with one attached hydrogen (secondary N) is 2. The second kappa shape index (κ2) is 11.0. The zero-order chi connectivity index (χ0) is 22.0. The number of anilines is 2. The van der Waals surface area contributed by atoms with Gasteiger partial charge in [0.15, 0.2) is 0 Å². The highest BCUT2D eigenvalue weighted by Crippen LogP contribution is 2.19. The third kappa shape index (κ3) is 8.31. The van der Waals surface area contributed by atoms with Crippen molar-refractivity contribution in [2.75, 3.05) is 11.9 Å². The summed E-state index contributed by atoms with van der Waals surface area (Å²) in [6.07, 6.45) is 9.19. The van der Waals surface area contributed by atoms with Crippen molar-refractivity contribution in [3.63, 3.8) is 0 Å². The Kier molecular flexibility index (Phi) is 8.36. The maximum absolute atomic E-state index is 12.4. The number of carbonyl (C=O) groups is 1. The van der Waals surface area contributed by atoms with E-state index in [0.717, 1.165) is 22.6 Å². The summed E-state index contributed by atoms with van der Waals surface area (Å²) in [6, 6.07) is 15.6. The van der Waals surface area contributed by atoms with E-state index in [1.54, 1.807) is 18.4 Å². The molecule has 0 aliphatic carbocycles. The van der Waals surface area contributed by atoms with Crippen molar-refractivity contribution >= 4 is 29.1 Å². The summed E-state index contributed by atoms with van der Waals surface area (Å²) < 4.78 is 0. The molecule has 0 radical (unpaired) electrons. The van der Waals surface area contributed by atoms with Crippen LogP contribution in [0.25, 0.3) is 6.08 Å². The molecule has 0 fully saturated rings. The lowest BCUT2D eigenvalue weighted by Crippen LogP contribution is -2.32. The molecule has 0 atom stereocenters. The van der Waals surface area contributed by atoms with Gasteiger partial charge in [-0.2, -0.15) is 0 Å². The first-order chi connectivity index (χ1) is 14.3. The summed E-state index contributed by atoms with van der Waals surface area (Å²) in [6.45, 7) is 12.5. The fourth-order valence-corrected chi connectivity index (χ4v) is 2.51. The topological polar surface area (TPSA) is 53.5 Å². The van der Waals surface area contributed by atoms with Gasteiger partial charge < -0.3 is 10.6 Å². The Morgan fingerprint density at radius 2 is 1.83 bits per heavy atom. The standard InChI is InChI=1S/C26H31N3O/c1-6-7-17-27-20(2)11-12-21-13-15-23(16-14-21)29-24-10-8-9-22(18-24)25(30)28-19-26(3,4)5/h6-18,29H,1,19H2,2-5H3,(H,28,30)/b12-11+,17-7-,27-20+. The molecular formula is C26H31N3O. The maximum Gasteiger partial charge on any atom is 0.251 e. The Balaban J connectivity index is 2.00. The fourth-order valence-electron chi connectivity index (χ4n) is 2.51. The Hall–Kier alpha value is -3.40. The van der Waals surface area contributed by atoms with E-state index < -0.39 is 0 Å². The van der Waals surface area contributed by atoms with Crippen LogP contribution in [0, 0.1) is 5.41 Å². The first kappa shape index (κ1) is 22.9. The number of rotatable bonds is 8. The van der Waals surface area contributed by atoms with E-state index in [9.17, 15) is 4.79 Å². The predicted molar refractivity (Wildman–Crippen MR) is 129 cm³/mol. The van der Waals surface area contributed by atoms with Crippen LogP contribution in [0.3, 0.4) is 0 Å². The van der Waals surface area contributed by atoms with Crippen LogP contribution in [-0.4, -0.2) is 18.2 Å². The van der Waals surface area contributed by atoms with E-state index in [4.69, 9.17) is 0 Å². The lowest BCUT2D eigenvalue weighted by atomic mass is 9.97. The second-order valence-electron chi connectivity index (χ2n) is 8.25. The normalized spacial score (nSPS) is 12.3. The molecule has 30 heavy (non-hydrogen) atoms. The van der Waals surface area contributed by atoms with Crippen LogP contribution in [0.5, 0.6) is 0 Å². The van der Waals surface area contributed by atoms with Crippen molar-refractivity contribution in [1.82, 2.24) is 5.32 Å². The van der Waals surface area contributed by atoms with Crippen LogP contribution in [0.4, 0.5) is 11.4 Å². The highest BCUT2D eigenvalue weighted by molar-refractivity contribution is 5.97. The van der Waals surface area contributed by atoms with Gasteiger partial charge in [0.05, 0.1) is 0 Å². The Morgan fingerprint density at radius 1 is 1.10 bits per heavy atom. The van der Waals surface area contributed by atoms with Gasteiger partial charge in [-0.3, -0.25) is 9.79 Å². The summed E-state index contributed by atoms with van der Waals surface area (Å²) >= 11 is 0. The van der Waals surface area contributed by atoms with Gasteiger partial charge in [0.2, 0.25) is 0 Å². The molecule has 4 heteroatoms. The Morgan fingerprint density at radius 3 is 2.50 bits per heavy atom. The van der Waals surface area contributed by atoms with Crippen molar-refractivity contribution < 1.29 is 4.79 Å². The maximum atomic E-state index is 12.4. The molecular weight excluding hydrogens is 370 g/mol. The largest absolute Gasteiger partial charge is 0.356 e. The van der Waals surface area contributed by atoms with Gasteiger partial charge in [0, 0.05) is 35.4 Å². The predicted octanol–water partition coefficient (Wildman–Crippen LogP) is 6.38. The molecule has 156 valence electrons. The molecule has 2 aromatic carbocycles. The zero-order valence-corrected chi connectivity index (χ0v) is 18.3. The minimum atomic E-state index is -0.0611. The number of hydrogen-bond donors (Lipinski definition) is 2. The summed E-state index contributed by atoms with van der Waals surface area (Å²) in [4.78, 5) is 16.7. The molecule has 0 aliphatic heterocycles. The van der Waals surface area contributed by atoms with E-state index in [2.05, 4.69) is 43.0 Å². The van der Waals surface area contributed by atoms with Crippen molar-refractivity contribution in [2.45, 2.75) is 27.7 Å². The van der Waals surface area contributed by atoms with E-state index in [1.807, 2.05) is 67.6 Å². The van der Waals surface area contributed by atoms with Crippen LogP contribution < -0.4 is 10.6 Å². The Bertz CT molecular complexity index is 945. The minimum absolute atomic E-state index is 0.0500. The molecule has 0 bridgehead atoms. The molecule has 1 amide bonds. The van der Waals surface area contributed by atoms with Gasteiger partial charge >= 0.3 is 0 Å². The molecule has 0 aliphatic rings. The minimum Gasteiger partial charge on any atom is -0.356 e. The molecule has 2 N–H and O–H groups in total. The van der Waals surface area contributed by atoms with Crippen LogP contribution in [0.1, 0.15) is 43.6 Å². The zero-order valence-electron chi connectivity index (χ0n) is 18.3. The van der Waals surface area contributed by atoms with Gasteiger partial charge in [-0.05, 0) is 60.4 Å². The summed E-state index contributed by atoms with van der Waals surface area (Å²) in [7, 11) is 0. The molecule has 0 unspecified atom stereocenters. The number of benzene rings is 2. The number of aliphatic imine (C=N–C) groups is 1. The molecule has 2 rings (SSSR count). The third-order valence-electron chi connectivity index (χ3n) is 4.12. The average Bonchev–Trinajstić information content (AvgIpc) is 2.71. The molecule has 0 aromatic heterocycles. The number of allylic oxidation sites excluding steroid dienone is 3. The fraction of sp³-hybridized carbons (Fsp3) is 0.231. The molecule has 4 nitrogen and oxygen atoms in total. The highest BCUT2D eigenvalue weighted by atomic mass is 16.1. The van der Waals surface area contributed by atoms with Gasteiger partial charge in [0.25, 0.3) is 5.91 Å². The van der Waals surface area contributed by atoms with Crippen molar-refractivity contribution in [3.8, 4) is 0 Å². The quantitative estimate of drug-likeness (QED) is 0.398. The van der Waals surface area contributed by atoms with Gasteiger partial charge in [0.1, 0.15) is 0 Å². The van der Waals surface area contributed by atoms with Crippen LogP contribution in [0.15, 0.2) is 84.5 Å². The lowest BCUT2D eigenvalue weighted by molar-refractivity contribution is 0.0939. The van der Waals surface area contributed by atoms with Gasteiger partial charge in [-0.1, -0.05) is 57.7 Å². The number of nitrogens with zero attached hydrogens (tertiary/aromatic N) is 1. The van der Waals surface area contributed by atoms with E-state index in [0.29, 0.717) is 12.1 Å². The number of hydrogen-bond acceptors (Lipinski definition) is 3. The molecule has 0 heterocycles. The SMILES string of the molecule is C=C\C=C/N=C(C)/C=C/c1ccc(Nc2cccc(C(=O)NCC(C)(C)C)c2)cc1. The van der Waals surface area contributed by atoms with Crippen molar-refractivity contribution in [3.05, 3.63) is 90.7 Å². The molecule has 0 saturated carbocycles. The average molecular weight is 402 g/mol. The van der Waals surface area contributed by atoms with E-state index >= 15 is 0 Å². The number of carbonyl (C=O) groups excluding carboxylic acids is 1.